The molecule has 8 heteroatoms. The van der Waals surface area contributed by atoms with Gasteiger partial charge in [0.1, 0.15) is 5.75 Å². The molecular formula is C17H15Cl3N2O2S. The van der Waals surface area contributed by atoms with Gasteiger partial charge in [0.15, 0.2) is 5.11 Å². The quantitative estimate of drug-likeness (QED) is 0.493. The van der Waals surface area contributed by atoms with E-state index in [-0.39, 0.29) is 17.4 Å². The van der Waals surface area contributed by atoms with E-state index in [4.69, 9.17) is 51.8 Å². The minimum Gasteiger partial charge on any atom is -0.492 e. The fourth-order valence-electron chi connectivity index (χ4n) is 1.92. The molecule has 0 aliphatic heterocycles. The first kappa shape index (κ1) is 19.8. The SMILES string of the molecule is O=C(CCCOc1ccc(Cl)cc1Cl)NC(=S)Nc1cccc(Cl)c1. The first-order valence-electron chi connectivity index (χ1n) is 7.38. The lowest BCUT2D eigenvalue weighted by Crippen LogP contribution is -2.34. The monoisotopic (exact) mass is 416 g/mol. The van der Waals surface area contributed by atoms with E-state index >= 15 is 0 Å². The van der Waals surface area contributed by atoms with Gasteiger partial charge < -0.3 is 15.4 Å². The molecule has 2 aromatic carbocycles. The first-order valence-corrected chi connectivity index (χ1v) is 8.92. The zero-order valence-corrected chi connectivity index (χ0v) is 16.1. The Balaban J connectivity index is 1.69. The molecule has 132 valence electrons. The third kappa shape index (κ3) is 7.08. The Morgan fingerprint density at radius 1 is 1.08 bits per heavy atom. The molecule has 2 aromatic rings. The molecule has 0 fully saturated rings. The summed E-state index contributed by atoms with van der Waals surface area (Å²) in [4.78, 5) is 11.9. The van der Waals surface area contributed by atoms with Gasteiger partial charge in [-0.3, -0.25) is 4.79 Å². The third-order valence-electron chi connectivity index (χ3n) is 3.04. The van der Waals surface area contributed by atoms with Crippen molar-refractivity contribution < 1.29 is 9.53 Å². The van der Waals surface area contributed by atoms with E-state index < -0.39 is 0 Å². The van der Waals surface area contributed by atoms with Crippen LogP contribution in [0.5, 0.6) is 5.75 Å². The number of anilines is 1. The summed E-state index contributed by atoms with van der Waals surface area (Å²) in [6.45, 7) is 0.350. The van der Waals surface area contributed by atoms with Crippen LogP contribution < -0.4 is 15.4 Å². The zero-order valence-electron chi connectivity index (χ0n) is 13.0. The number of hydrogen-bond acceptors (Lipinski definition) is 3. The molecule has 0 bridgehead atoms. The van der Waals surface area contributed by atoms with Crippen molar-refractivity contribution in [2.45, 2.75) is 12.8 Å². The molecule has 0 spiro atoms. The molecule has 0 heterocycles. The number of thiocarbonyl (C=S) groups is 1. The normalized spacial score (nSPS) is 10.2. The number of carbonyl (C=O) groups excluding carboxylic acids is 1. The van der Waals surface area contributed by atoms with Crippen LogP contribution in [0.2, 0.25) is 15.1 Å². The van der Waals surface area contributed by atoms with Crippen molar-refractivity contribution in [3.05, 3.63) is 57.5 Å². The van der Waals surface area contributed by atoms with Crippen molar-refractivity contribution in [2.24, 2.45) is 0 Å². The van der Waals surface area contributed by atoms with Crippen LogP contribution in [0.15, 0.2) is 42.5 Å². The van der Waals surface area contributed by atoms with E-state index in [0.29, 0.717) is 39.5 Å². The Labute approximate surface area is 166 Å². The predicted octanol–water partition coefficient (Wildman–Crippen LogP) is 5.32. The first-order chi connectivity index (χ1) is 11.9. The van der Waals surface area contributed by atoms with Crippen LogP contribution in [-0.2, 0) is 4.79 Å². The van der Waals surface area contributed by atoms with E-state index in [2.05, 4.69) is 10.6 Å². The van der Waals surface area contributed by atoms with Crippen LogP contribution in [0.25, 0.3) is 0 Å². The van der Waals surface area contributed by atoms with E-state index in [9.17, 15) is 4.79 Å². The maximum absolute atomic E-state index is 11.9. The molecular weight excluding hydrogens is 403 g/mol. The number of amides is 1. The van der Waals surface area contributed by atoms with Crippen LogP contribution in [0.3, 0.4) is 0 Å². The Morgan fingerprint density at radius 2 is 1.84 bits per heavy atom. The molecule has 2 rings (SSSR count). The van der Waals surface area contributed by atoms with Crippen molar-refractivity contribution in [3.63, 3.8) is 0 Å². The van der Waals surface area contributed by atoms with Crippen LogP contribution >= 0.6 is 47.0 Å². The maximum Gasteiger partial charge on any atom is 0.226 e. The molecule has 25 heavy (non-hydrogen) atoms. The fraction of sp³-hybridized carbons (Fsp3) is 0.176. The Bertz CT molecular complexity index is 771. The topological polar surface area (TPSA) is 50.4 Å². The van der Waals surface area contributed by atoms with E-state index in [0.717, 1.165) is 0 Å². The summed E-state index contributed by atoms with van der Waals surface area (Å²) in [6.07, 6.45) is 0.785. The number of carbonyl (C=O) groups is 1. The number of hydrogen-bond donors (Lipinski definition) is 2. The summed E-state index contributed by atoms with van der Waals surface area (Å²) >= 11 is 22.8. The summed E-state index contributed by atoms with van der Waals surface area (Å²) in [5.74, 6) is 0.329. The van der Waals surface area contributed by atoms with Gasteiger partial charge in [-0.1, -0.05) is 40.9 Å². The molecule has 0 saturated heterocycles. The lowest BCUT2D eigenvalue weighted by atomic mass is 10.3. The van der Waals surface area contributed by atoms with Gasteiger partial charge in [-0.2, -0.15) is 0 Å². The van der Waals surface area contributed by atoms with Crippen LogP contribution in [0, 0.1) is 0 Å². The van der Waals surface area contributed by atoms with Gasteiger partial charge in [-0.15, -0.1) is 0 Å². The molecule has 0 saturated carbocycles. The molecule has 4 nitrogen and oxygen atoms in total. The van der Waals surface area contributed by atoms with Gasteiger partial charge >= 0.3 is 0 Å². The van der Waals surface area contributed by atoms with E-state index in [1.54, 1.807) is 42.5 Å². The highest BCUT2D eigenvalue weighted by molar-refractivity contribution is 7.80. The fourth-order valence-corrected chi connectivity index (χ4v) is 2.81. The van der Waals surface area contributed by atoms with E-state index in [1.807, 2.05) is 0 Å². The van der Waals surface area contributed by atoms with Crippen LogP contribution in [0.4, 0.5) is 5.69 Å². The summed E-state index contributed by atoms with van der Waals surface area (Å²) in [5, 5.41) is 7.27. The second-order valence-corrected chi connectivity index (χ2v) is 6.73. The molecule has 0 radical (unpaired) electrons. The van der Waals surface area contributed by atoms with Gasteiger partial charge in [0.25, 0.3) is 0 Å². The summed E-state index contributed by atoms with van der Waals surface area (Å²) in [7, 11) is 0. The van der Waals surface area contributed by atoms with Gasteiger partial charge in [-0.05, 0) is 55.0 Å². The summed E-state index contributed by atoms with van der Waals surface area (Å²) in [5.41, 5.74) is 0.707. The molecule has 0 atom stereocenters. The largest absolute Gasteiger partial charge is 0.492 e. The molecule has 2 N–H and O–H groups in total. The molecule has 0 aromatic heterocycles. The lowest BCUT2D eigenvalue weighted by molar-refractivity contribution is -0.119. The van der Waals surface area contributed by atoms with Crippen molar-refractivity contribution in [2.75, 3.05) is 11.9 Å². The standard InChI is InChI=1S/C17H15Cl3N2O2S/c18-11-3-1-4-13(9-11)21-17(25)22-16(23)5-2-8-24-15-7-6-12(19)10-14(15)20/h1,3-4,6-7,9-10H,2,5,8H2,(H2,21,22,23,25). The Morgan fingerprint density at radius 3 is 2.56 bits per heavy atom. The smallest absolute Gasteiger partial charge is 0.226 e. The van der Waals surface area contributed by atoms with Crippen molar-refractivity contribution in [3.8, 4) is 5.75 Å². The van der Waals surface area contributed by atoms with Gasteiger partial charge in [0.2, 0.25) is 5.91 Å². The van der Waals surface area contributed by atoms with Crippen molar-refractivity contribution in [1.29, 1.82) is 0 Å². The van der Waals surface area contributed by atoms with Gasteiger partial charge in [0, 0.05) is 22.2 Å². The summed E-state index contributed by atoms with van der Waals surface area (Å²) in [6, 6.07) is 12.0. The number of rotatable bonds is 6. The second kappa shape index (κ2) is 9.82. The highest BCUT2D eigenvalue weighted by Gasteiger charge is 2.07. The van der Waals surface area contributed by atoms with Crippen LogP contribution in [-0.4, -0.2) is 17.6 Å². The number of halogens is 3. The third-order valence-corrected chi connectivity index (χ3v) is 4.00. The zero-order chi connectivity index (χ0) is 18.2. The maximum atomic E-state index is 11.9. The lowest BCUT2D eigenvalue weighted by Gasteiger charge is -2.10. The van der Waals surface area contributed by atoms with Gasteiger partial charge in [-0.25, -0.2) is 0 Å². The van der Waals surface area contributed by atoms with Crippen LogP contribution in [0.1, 0.15) is 12.8 Å². The number of ether oxygens (including phenoxy) is 1. The summed E-state index contributed by atoms with van der Waals surface area (Å²) < 4.78 is 5.52. The van der Waals surface area contributed by atoms with Gasteiger partial charge in [0.05, 0.1) is 11.6 Å². The minimum absolute atomic E-state index is 0.203. The Kier molecular flexibility index (Phi) is 7.78. The minimum atomic E-state index is -0.203. The highest BCUT2D eigenvalue weighted by Crippen LogP contribution is 2.27. The van der Waals surface area contributed by atoms with E-state index in [1.165, 1.54) is 0 Å². The number of benzene rings is 2. The number of nitrogens with one attached hydrogen (secondary N) is 2. The predicted molar refractivity (Wildman–Crippen MR) is 107 cm³/mol. The average molecular weight is 418 g/mol. The molecule has 1 amide bonds. The molecule has 0 unspecified atom stereocenters. The van der Waals surface area contributed by atoms with Crippen molar-refractivity contribution >= 4 is 63.7 Å². The highest BCUT2D eigenvalue weighted by atomic mass is 35.5. The second-order valence-electron chi connectivity index (χ2n) is 5.04. The Hall–Kier alpha value is -1.53. The molecule has 0 aliphatic rings. The van der Waals surface area contributed by atoms with Crippen molar-refractivity contribution in [1.82, 2.24) is 5.32 Å². The average Bonchev–Trinajstić information content (AvgIpc) is 2.53. The molecule has 0 aliphatic carbocycles.